The lowest BCUT2D eigenvalue weighted by atomic mass is 9.92. The van der Waals surface area contributed by atoms with E-state index in [2.05, 4.69) is 16.5 Å². The van der Waals surface area contributed by atoms with Crippen molar-refractivity contribution in [3.63, 3.8) is 0 Å². The number of aromatic hydroxyl groups is 1. The number of carbonyl (C=O) groups excluding carboxylic acids is 1. The molecule has 70 heavy (non-hydrogen) atoms. The number of carbonyl (C=O) groups is 1. The normalized spacial score (nSPS) is 12.6. The molecule has 12 nitrogen and oxygen atoms in total. The first-order chi connectivity index (χ1) is 33.3. The van der Waals surface area contributed by atoms with Gasteiger partial charge in [0, 0.05) is 22.4 Å². The van der Waals surface area contributed by atoms with Crippen LogP contribution in [0, 0.1) is 26.6 Å². The Bertz CT molecular complexity index is 3080. The summed E-state index contributed by atoms with van der Waals surface area (Å²) in [6.07, 6.45) is 0.372. The lowest BCUT2D eigenvalue weighted by molar-refractivity contribution is -0.163. The van der Waals surface area contributed by atoms with Crippen LogP contribution < -0.4 is 14.2 Å². The van der Waals surface area contributed by atoms with Gasteiger partial charge in [0.1, 0.15) is 53.4 Å². The van der Waals surface area contributed by atoms with Crippen LogP contribution >= 0.6 is 34.5 Å². The molecule has 0 saturated carbocycles. The maximum absolute atomic E-state index is 14.5. The zero-order valence-corrected chi connectivity index (χ0v) is 42.4. The number of phenolic OH excluding ortho intramolecular Hbond substituents is 1. The maximum atomic E-state index is 14.5. The topological polar surface area (TPSA) is 153 Å². The minimum absolute atomic E-state index is 0.00474. The summed E-state index contributed by atoms with van der Waals surface area (Å²) in [6, 6.07) is 26.3. The molecule has 0 unspecified atom stereocenters. The molecule has 2 heterocycles. The molecule has 0 aliphatic carbocycles. The Balaban J connectivity index is 1.33. The van der Waals surface area contributed by atoms with Crippen molar-refractivity contribution in [2.24, 2.45) is 0 Å². The molecule has 7 aromatic rings. The highest BCUT2D eigenvalue weighted by Crippen LogP contribution is 2.53. The fourth-order valence-corrected chi connectivity index (χ4v) is 10.0. The number of ether oxygens (including phenoxy) is 5. The standard InChI is InChI=1S/C53H51Cl2FN2O10S2/c1-8-24-63-28-39(29-65-70(61,62)40-21-14-31(2)15-22-40)66-48-46(54)32(3)43(33(4)47(48)55)44-45-50(57-30-58-51(45)69-49(44)35-16-18-37(56)19-17-35)67-42(52(60)68-53(5,6)7)26-36-25-38(59)20-23-41(36)64-27-34-12-10-9-11-13-34/h8-23,25,30,39,42,59H,1,24,26-29H2,2-7H3/t39-,42-/m1/s1. The fourth-order valence-electron chi connectivity index (χ4n) is 7.44. The molecule has 0 radical (unpaired) electrons. The molecule has 1 N–H and O–H groups in total. The summed E-state index contributed by atoms with van der Waals surface area (Å²) >= 11 is 15.8. The van der Waals surface area contributed by atoms with Gasteiger partial charge in [0.25, 0.3) is 10.1 Å². The average Bonchev–Trinajstić information content (AvgIpc) is 3.71. The number of rotatable bonds is 20. The monoisotopic (exact) mass is 1030 g/mol. The molecule has 0 saturated heterocycles. The number of halogens is 3. The van der Waals surface area contributed by atoms with E-state index >= 15 is 0 Å². The predicted octanol–water partition coefficient (Wildman–Crippen LogP) is 12.4. The van der Waals surface area contributed by atoms with Crippen LogP contribution in [-0.4, -0.2) is 67.1 Å². The zero-order valence-electron chi connectivity index (χ0n) is 39.3. The first-order valence-corrected chi connectivity index (χ1v) is 25.0. The van der Waals surface area contributed by atoms with Gasteiger partial charge in [-0.3, -0.25) is 4.18 Å². The minimum atomic E-state index is -4.20. The number of hydrogen-bond acceptors (Lipinski definition) is 13. The van der Waals surface area contributed by atoms with Gasteiger partial charge in [0.05, 0.1) is 33.5 Å². The van der Waals surface area contributed by atoms with Crippen molar-refractivity contribution < 1.29 is 50.6 Å². The van der Waals surface area contributed by atoms with Gasteiger partial charge in [0.15, 0.2) is 5.75 Å². The van der Waals surface area contributed by atoms with Crippen LogP contribution in [0.25, 0.3) is 31.8 Å². The Kier molecular flexibility index (Phi) is 16.5. The Labute approximate surface area is 420 Å². The van der Waals surface area contributed by atoms with Crippen molar-refractivity contribution in [3.05, 3.63) is 160 Å². The molecule has 5 aromatic carbocycles. The van der Waals surface area contributed by atoms with E-state index in [-0.39, 0.29) is 58.6 Å². The molecule has 0 aliphatic rings. The first-order valence-electron chi connectivity index (χ1n) is 22.0. The molecular formula is C53H51Cl2FN2O10S2. The van der Waals surface area contributed by atoms with Crippen LogP contribution in [0.1, 0.15) is 48.6 Å². The summed E-state index contributed by atoms with van der Waals surface area (Å²) in [5.41, 5.74) is 3.96. The third kappa shape index (κ3) is 12.4. The zero-order chi connectivity index (χ0) is 50.3. The average molecular weight is 1030 g/mol. The van der Waals surface area contributed by atoms with E-state index < -0.39 is 46.3 Å². The highest BCUT2D eigenvalue weighted by atomic mass is 35.5. The fraction of sp³-hybridized carbons (Fsp3) is 0.264. The number of hydrogen-bond donors (Lipinski definition) is 1. The van der Waals surface area contributed by atoms with Gasteiger partial charge in [-0.1, -0.05) is 89.4 Å². The largest absolute Gasteiger partial charge is 0.508 e. The van der Waals surface area contributed by atoms with E-state index in [1.165, 1.54) is 60.1 Å². The second kappa shape index (κ2) is 22.3. The number of benzene rings is 5. The summed E-state index contributed by atoms with van der Waals surface area (Å²) in [7, 11) is -4.20. The molecule has 0 fully saturated rings. The Hall–Kier alpha value is -6.07. The van der Waals surface area contributed by atoms with Gasteiger partial charge >= 0.3 is 5.97 Å². The van der Waals surface area contributed by atoms with Gasteiger partial charge in [-0.05, 0) is 112 Å². The van der Waals surface area contributed by atoms with Gasteiger partial charge in [0.2, 0.25) is 12.0 Å². The molecule has 0 aliphatic heterocycles. The SMILES string of the molecule is C=CCOC[C@H](COS(=O)(=O)c1ccc(C)cc1)Oc1c(Cl)c(C)c(-c2c(-c3ccc(F)cc3)sc3ncnc(O[C@H](Cc4cc(O)ccc4OCc4ccccc4)C(=O)OC(C)(C)C)c23)c(C)c1Cl. The van der Waals surface area contributed by atoms with E-state index in [0.717, 1.165) is 11.1 Å². The number of nitrogens with zero attached hydrogens (tertiary/aromatic N) is 2. The van der Waals surface area contributed by atoms with Crippen LogP contribution in [0.5, 0.6) is 23.1 Å². The molecular weight excluding hydrogens is 979 g/mol. The molecule has 2 aromatic heterocycles. The lowest BCUT2D eigenvalue weighted by Crippen LogP contribution is -2.37. The maximum Gasteiger partial charge on any atom is 0.348 e. The van der Waals surface area contributed by atoms with Crippen LogP contribution in [-0.2, 0) is 41.6 Å². The van der Waals surface area contributed by atoms with Crippen molar-refractivity contribution >= 4 is 60.8 Å². The smallest absolute Gasteiger partial charge is 0.348 e. The highest BCUT2D eigenvalue weighted by Gasteiger charge is 2.33. The minimum Gasteiger partial charge on any atom is -0.508 e. The summed E-state index contributed by atoms with van der Waals surface area (Å²) in [4.78, 5) is 24.5. The Morgan fingerprint density at radius 3 is 2.23 bits per heavy atom. The van der Waals surface area contributed by atoms with Crippen molar-refractivity contribution in [1.82, 2.24) is 9.97 Å². The lowest BCUT2D eigenvalue weighted by Gasteiger charge is -2.25. The van der Waals surface area contributed by atoms with Crippen molar-refractivity contribution in [3.8, 4) is 44.7 Å². The van der Waals surface area contributed by atoms with E-state index in [4.69, 9.17) is 51.1 Å². The van der Waals surface area contributed by atoms with E-state index in [1.807, 2.05) is 37.3 Å². The number of aromatic nitrogens is 2. The highest BCUT2D eigenvalue weighted by molar-refractivity contribution is 7.86. The number of aryl methyl sites for hydroxylation is 1. The number of phenols is 1. The van der Waals surface area contributed by atoms with Crippen LogP contribution in [0.4, 0.5) is 4.39 Å². The predicted molar refractivity (Wildman–Crippen MR) is 270 cm³/mol. The quantitative estimate of drug-likeness (QED) is 0.0335. The summed E-state index contributed by atoms with van der Waals surface area (Å²) < 4.78 is 77.4. The summed E-state index contributed by atoms with van der Waals surface area (Å²) in [6.45, 7) is 14.1. The number of fused-ring (bicyclic) bond motifs is 1. The molecule has 2 atom stereocenters. The van der Waals surface area contributed by atoms with Crippen LogP contribution in [0.2, 0.25) is 10.0 Å². The van der Waals surface area contributed by atoms with Crippen LogP contribution in [0.15, 0.2) is 121 Å². The van der Waals surface area contributed by atoms with E-state index in [9.17, 15) is 22.7 Å². The van der Waals surface area contributed by atoms with E-state index in [0.29, 0.717) is 54.2 Å². The first kappa shape index (κ1) is 51.8. The molecule has 0 amide bonds. The van der Waals surface area contributed by atoms with Crippen molar-refractivity contribution in [2.45, 2.75) is 77.3 Å². The third-order valence-electron chi connectivity index (χ3n) is 10.8. The number of thiophene rings is 1. The second-order valence-electron chi connectivity index (χ2n) is 17.3. The van der Waals surface area contributed by atoms with Crippen molar-refractivity contribution in [1.29, 1.82) is 0 Å². The van der Waals surface area contributed by atoms with Gasteiger partial charge in [-0.2, -0.15) is 8.42 Å². The Morgan fingerprint density at radius 1 is 0.886 bits per heavy atom. The molecule has 0 spiro atoms. The molecule has 0 bridgehead atoms. The van der Waals surface area contributed by atoms with Gasteiger partial charge in [-0.15, -0.1) is 17.9 Å². The summed E-state index contributed by atoms with van der Waals surface area (Å²) in [5.74, 6) is -0.756. The summed E-state index contributed by atoms with van der Waals surface area (Å²) in [5, 5.41) is 11.2. The molecule has 366 valence electrons. The molecule has 17 heteroatoms. The van der Waals surface area contributed by atoms with Crippen LogP contribution in [0.3, 0.4) is 0 Å². The van der Waals surface area contributed by atoms with Gasteiger partial charge in [-0.25, -0.2) is 19.2 Å². The molecule has 7 rings (SSSR count). The van der Waals surface area contributed by atoms with E-state index in [1.54, 1.807) is 65.0 Å². The Morgan fingerprint density at radius 2 is 1.57 bits per heavy atom. The second-order valence-corrected chi connectivity index (χ2v) is 20.7. The number of esters is 1. The van der Waals surface area contributed by atoms with Crippen molar-refractivity contribution in [2.75, 3.05) is 19.8 Å². The third-order valence-corrected chi connectivity index (χ3v) is 14.1. The van der Waals surface area contributed by atoms with Gasteiger partial charge < -0.3 is 28.8 Å².